The van der Waals surface area contributed by atoms with Crippen LogP contribution < -0.4 is 0 Å². The first kappa shape index (κ1) is 93.1. The summed E-state index contributed by atoms with van der Waals surface area (Å²) in [7, 11) is -5.74. The largest absolute Gasteiger partial charge is 0.472 e. The smallest absolute Gasteiger partial charge is 0.462 e. The number of carbonyl (C=O) groups excluding carboxylic acids is 3. The van der Waals surface area contributed by atoms with E-state index in [1.807, 2.05) is 12.2 Å². The molecule has 0 aromatic rings. The van der Waals surface area contributed by atoms with Crippen LogP contribution in [0.15, 0.2) is 48.6 Å². The zero-order chi connectivity index (χ0) is 74.6. The lowest BCUT2D eigenvalue weighted by Crippen LogP contribution is -2.69. The van der Waals surface area contributed by atoms with Gasteiger partial charge >= 0.3 is 25.7 Å². The minimum atomic E-state index is -5.74. The molecule has 0 aromatic heterocycles. The second-order valence-electron chi connectivity index (χ2n) is 28.2. The van der Waals surface area contributed by atoms with Crippen molar-refractivity contribution in [2.75, 3.05) is 26.4 Å². The molecule has 0 bridgehead atoms. The number of ether oxygens (including phenoxy) is 7. The zero-order valence-electron chi connectivity index (χ0n) is 62.1. The van der Waals surface area contributed by atoms with Gasteiger partial charge in [-0.05, 0) is 32.1 Å². The normalized spacial score (nSPS) is 27.3. The van der Waals surface area contributed by atoms with Crippen LogP contribution in [0, 0.1) is 0 Å². The summed E-state index contributed by atoms with van der Waals surface area (Å²) in [5, 5.41) is 110. The molecule has 25 heteroatoms. The average Bonchev–Trinajstić information content (AvgIpc) is 0.761. The van der Waals surface area contributed by atoms with Gasteiger partial charge in [-0.2, -0.15) is 0 Å². The predicted molar refractivity (Wildman–Crippen MR) is 388 cm³/mol. The van der Waals surface area contributed by atoms with Crippen LogP contribution in [0.1, 0.15) is 290 Å². The van der Waals surface area contributed by atoms with E-state index in [2.05, 4.69) is 20.8 Å². The Labute approximate surface area is 609 Å². The van der Waals surface area contributed by atoms with Gasteiger partial charge in [0.2, 0.25) is 0 Å². The van der Waals surface area contributed by atoms with Gasteiger partial charge in [-0.25, -0.2) is 14.2 Å². The fraction of sp³-hybridized carbons (Fsp3) is 0.857. The fourth-order valence-electron chi connectivity index (χ4n) is 12.9. The van der Waals surface area contributed by atoms with Gasteiger partial charge < -0.3 is 89.1 Å². The fourth-order valence-corrected chi connectivity index (χ4v) is 13.8. The lowest BCUT2D eigenvalue weighted by molar-refractivity contribution is -0.360. The molecule has 3 rings (SSSR count). The summed E-state index contributed by atoms with van der Waals surface area (Å²) in [5.41, 5.74) is 0. The van der Waals surface area contributed by atoms with Gasteiger partial charge in [-0.3, -0.25) is 13.8 Å². The molecule has 3 aliphatic rings. The van der Waals surface area contributed by atoms with E-state index >= 15 is 0 Å². The van der Waals surface area contributed by atoms with Gasteiger partial charge in [0, 0.05) is 18.6 Å². The van der Waals surface area contributed by atoms with Crippen LogP contribution in [0.4, 0.5) is 0 Å². The number of phosphoric ester groups is 1. The summed E-state index contributed by atoms with van der Waals surface area (Å²) in [4.78, 5) is 50.9. The molecule has 11 N–H and O–H groups in total. The monoisotopic (exact) mass is 1480 g/mol. The Morgan fingerprint density at radius 1 is 0.402 bits per heavy atom. The third-order valence-corrected chi connectivity index (χ3v) is 20.3. The van der Waals surface area contributed by atoms with Gasteiger partial charge in [0.25, 0.3) is 0 Å². The first-order chi connectivity index (χ1) is 49.3. The minimum Gasteiger partial charge on any atom is -0.462 e. The standard InChI is InChI=1S/C77H137O24P/c1-4-7-10-13-16-19-22-25-28-29-32-34-36-39-42-45-48-51-61(79)93-55-58(96-63(81)53-50-47-44-41-38-35-31-27-24-21-18-15-12-9-6-3)56-95-102(91,92)101-75-73(99-76-71(89)66(84)64(82)59(54-78)97-76)69(87)68(86)70(88)74(75)100-77-72(90)67(85)65(83)60(98-77)57-94-62(80)52-49-46-43-40-37-33-30-26-23-20-17-14-11-8-5-2/h43-44,46-47,49-50,52-53,58-60,64-78,82-90H,4-42,45,48,51,54-57H2,1-3H3,(H,91,92)/b46-43+,47-44+,52-49+,53-50+. The number of hydrogen-bond donors (Lipinski definition) is 11. The van der Waals surface area contributed by atoms with Crippen molar-refractivity contribution in [3.05, 3.63) is 48.6 Å². The molecule has 0 spiro atoms. The SMILES string of the molecule is CCCCCCCCCCCCC/C=C/C=C/C(=O)OCC1OC(OC2C(O)C(O)C(O)C(OC3OC(CO)C(O)C(O)C3O)C2OP(=O)(O)OCC(COC(=O)CCCCCCCCCCCCCCCCCCC)OC(=O)/C=C/C=C/CCCCCCCCCCCCC)C(O)C(O)C1O. The topological polar surface area (TPSA) is 374 Å². The molecule has 102 heavy (non-hydrogen) atoms. The lowest BCUT2D eigenvalue weighted by atomic mass is 9.84. The van der Waals surface area contributed by atoms with Gasteiger partial charge in [-0.1, -0.05) is 288 Å². The van der Waals surface area contributed by atoms with E-state index in [4.69, 9.17) is 42.2 Å². The Kier molecular flexibility index (Phi) is 53.0. The molecule has 1 aliphatic carbocycles. The van der Waals surface area contributed by atoms with E-state index in [-0.39, 0.29) is 6.42 Å². The van der Waals surface area contributed by atoms with Crippen molar-refractivity contribution in [3.8, 4) is 0 Å². The molecule has 24 nitrogen and oxygen atoms in total. The van der Waals surface area contributed by atoms with Gasteiger partial charge in [0.1, 0.15) is 98.7 Å². The highest BCUT2D eigenvalue weighted by atomic mass is 31.2. The maximum atomic E-state index is 14.3. The Hall–Kier alpha value is -3.08. The molecule has 1 saturated carbocycles. The number of allylic oxidation sites excluding steroid dienone is 6. The second-order valence-corrected chi connectivity index (χ2v) is 29.6. The van der Waals surface area contributed by atoms with Crippen molar-refractivity contribution in [2.24, 2.45) is 0 Å². The van der Waals surface area contributed by atoms with E-state index < -0.39 is 156 Å². The van der Waals surface area contributed by atoms with Crippen LogP contribution in [0.2, 0.25) is 0 Å². The molecule has 2 heterocycles. The Balaban J connectivity index is 1.74. The quantitative estimate of drug-likeness (QED) is 0.00673. The molecule has 18 unspecified atom stereocenters. The molecule has 0 aromatic carbocycles. The molecule has 18 atom stereocenters. The second kappa shape index (κ2) is 58.0. The van der Waals surface area contributed by atoms with Crippen LogP contribution in [-0.2, 0) is 61.2 Å². The summed E-state index contributed by atoms with van der Waals surface area (Å²) in [6.45, 7) is 3.27. The van der Waals surface area contributed by atoms with Crippen LogP contribution in [0.25, 0.3) is 0 Å². The van der Waals surface area contributed by atoms with Crippen molar-refractivity contribution in [1.82, 2.24) is 0 Å². The molecular weight excluding hydrogens is 1340 g/mol. The van der Waals surface area contributed by atoms with Crippen LogP contribution in [0.3, 0.4) is 0 Å². The first-order valence-electron chi connectivity index (χ1n) is 39.5. The zero-order valence-corrected chi connectivity index (χ0v) is 63.0. The number of esters is 3. The Bertz CT molecular complexity index is 2290. The third-order valence-electron chi connectivity index (χ3n) is 19.3. The van der Waals surface area contributed by atoms with Crippen molar-refractivity contribution in [3.63, 3.8) is 0 Å². The van der Waals surface area contributed by atoms with Gasteiger partial charge in [-0.15, -0.1) is 0 Å². The predicted octanol–water partition coefficient (Wildman–Crippen LogP) is 11.6. The van der Waals surface area contributed by atoms with Crippen LogP contribution in [0.5, 0.6) is 0 Å². The highest BCUT2D eigenvalue weighted by Gasteiger charge is 2.58. The maximum Gasteiger partial charge on any atom is 0.472 e. The summed E-state index contributed by atoms with van der Waals surface area (Å²) in [5.74, 6) is -2.48. The molecule has 3 fully saturated rings. The number of phosphoric acid groups is 1. The minimum absolute atomic E-state index is 0.0248. The van der Waals surface area contributed by atoms with Gasteiger partial charge in [0.15, 0.2) is 18.7 Å². The van der Waals surface area contributed by atoms with E-state index in [0.29, 0.717) is 6.42 Å². The molecule has 2 aliphatic heterocycles. The number of aliphatic hydroxyl groups is 10. The van der Waals surface area contributed by atoms with Crippen LogP contribution in [-0.4, -0.2) is 204 Å². The first-order valence-corrected chi connectivity index (χ1v) is 41.0. The van der Waals surface area contributed by atoms with Gasteiger partial charge in [0.05, 0.1) is 13.2 Å². The number of hydrogen-bond acceptors (Lipinski definition) is 23. The van der Waals surface area contributed by atoms with Crippen molar-refractivity contribution >= 4 is 25.7 Å². The number of carbonyl (C=O) groups is 3. The highest BCUT2D eigenvalue weighted by molar-refractivity contribution is 7.47. The summed E-state index contributed by atoms with van der Waals surface area (Å²) < 4.78 is 64.7. The summed E-state index contributed by atoms with van der Waals surface area (Å²) >= 11 is 0. The molecule has 594 valence electrons. The average molecular weight is 1480 g/mol. The molecular formula is C77H137O24P. The van der Waals surface area contributed by atoms with E-state index in [1.54, 1.807) is 12.2 Å². The maximum absolute atomic E-state index is 14.3. The number of aliphatic hydroxyl groups excluding tert-OH is 10. The highest BCUT2D eigenvalue weighted by Crippen LogP contribution is 2.49. The van der Waals surface area contributed by atoms with E-state index in [9.17, 15) is 74.9 Å². The van der Waals surface area contributed by atoms with Crippen LogP contribution >= 0.6 is 7.82 Å². The molecule has 0 amide bonds. The Morgan fingerprint density at radius 2 is 0.755 bits per heavy atom. The Morgan fingerprint density at radius 3 is 1.16 bits per heavy atom. The van der Waals surface area contributed by atoms with Crippen molar-refractivity contribution < 1.29 is 117 Å². The molecule has 2 saturated heterocycles. The number of unbranched alkanes of at least 4 members (excludes halogenated alkanes) is 38. The van der Waals surface area contributed by atoms with Crippen molar-refractivity contribution in [2.45, 2.75) is 395 Å². The number of rotatable bonds is 61. The summed E-state index contributed by atoms with van der Waals surface area (Å²) in [6, 6.07) is 0. The lowest BCUT2D eigenvalue weighted by Gasteiger charge is -2.49. The third kappa shape index (κ3) is 40.2. The summed E-state index contributed by atoms with van der Waals surface area (Å²) in [6.07, 6.45) is 24.3. The van der Waals surface area contributed by atoms with Crippen molar-refractivity contribution in [1.29, 1.82) is 0 Å². The van der Waals surface area contributed by atoms with E-state index in [1.165, 1.54) is 186 Å². The van der Waals surface area contributed by atoms with E-state index in [0.717, 1.165) is 95.6 Å². The molecule has 0 radical (unpaired) electrons.